The zero-order valence-electron chi connectivity index (χ0n) is 17.1. The number of imidazole rings is 1. The van der Waals surface area contributed by atoms with Gasteiger partial charge in [0.25, 0.3) is 0 Å². The number of aryl methyl sites for hydroxylation is 1. The molecule has 5 N–H and O–H groups in total. The van der Waals surface area contributed by atoms with Crippen LogP contribution in [-0.4, -0.2) is 21.6 Å². The molecule has 0 bridgehead atoms. The summed E-state index contributed by atoms with van der Waals surface area (Å²) in [5.74, 6) is 1.52. The van der Waals surface area contributed by atoms with Gasteiger partial charge in [0.05, 0.1) is 11.0 Å². The van der Waals surface area contributed by atoms with E-state index < -0.39 is 0 Å². The Morgan fingerprint density at radius 1 is 1.00 bits per heavy atom. The van der Waals surface area contributed by atoms with Crippen molar-refractivity contribution < 1.29 is 0 Å². The van der Waals surface area contributed by atoms with E-state index in [9.17, 15) is 0 Å². The molecule has 0 aliphatic carbocycles. The van der Waals surface area contributed by atoms with E-state index in [1.165, 1.54) is 11.1 Å². The Bertz CT molecular complexity index is 1140. The Balaban J connectivity index is 1.88. The van der Waals surface area contributed by atoms with Crippen LogP contribution in [-0.2, 0) is 19.5 Å². The van der Waals surface area contributed by atoms with Crippen molar-refractivity contribution in [1.82, 2.24) is 19.9 Å². The molecule has 6 heteroatoms. The van der Waals surface area contributed by atoms with Crippen molar-refractivity contribution in [2.75, 3.05) is 18.5 Å². The summed E-state index contributed by atoms with van der Waals surface area (Å²) < 4.78 is 2.29. The predicted octanol–water partition coefficient (Wildman–Crippen LogP) is 3.86. The van der Waals surface area contributed by atoms with Crippen LogP contribution in [0.3, 0.4) is 0 Å². The van der Waals surface area contributed by atoms with Gasteiger partial charge in [0.15, 0.2) is 5.82 Å². The summed E-state index contributed by atoms with van der Waals surface area (Å²) >= 11 is 0. The molecule has 0 saturated carbocycles. The van der Waals surface area contributed by atoms with E-state index in [1.54, 1.807) is 0 Å². The van der Waals surface area contributed by atoms with Gasteiger partial charge in [-0.15, -0.1) is 0 Å². The summed E-state index contributed by atoms with van der Waals surface area (Å²) in [7, 11) is 1.96. The molecular weight excluding hydrogens is 360 g/mol. The smallest absolute Gasteiger partial charge is 0.152 e. The van der Waals surface area contributed by atoms with Crippen LogP contribution in [0.4, 0.5) is 11.5 Å². The number of nitrogens with one attached hydrogen (secondary N) is 1. The first kappa shape index (κ1) is 19.2. The number of rotatable bonds is 7. The number of aromatic nitrogens is 3. The molecule has 0 radical (unpaired) electrons. The minimum Gasteiger partial charge on any atom is -0.399 e. The number of hydrogen-bond donors (Lipinski definition) is 3. The lowest BCUT2D eigenvalue weighted by Gasteiger charge is -2.12. The number of nitrogen functional groups attached to an aromatic ring is 2. The van der Waals surface area contributed by atoms with Crippen molar-refractivity contribution in [1.29, 1.82) is 0 Å². The van der Waals surface area contributed by atoms with E-state index in [4.69, 9.17) is 16.5 Å². The van der Waals surface area contributed by atoms with E-state index in [-0.39, 0.29) is 0 Å². The molecule has 0 saturated heterocycles. The van der Waals surface area contributed by atoms with E-state index in [1.807, 2.05) is 25.2 Å². The summed E-state index contributed by atoms with van der Waals surface area (Å²) in [4.78, 5) is 9.46. The Labute approximate surface area is 170 Å². The molecule has 150 valence electrons. The van der Waals surface area contributed by atoms with Crippen LogP contribution in [0.15, 0.2) is 42.5 Å². The number of pyridine rings is 1. The van der Waals surface area contributed by atoms with E-state index in [0.717, 1.165) is 60.1 Å². The number of nitrogens with zero attached hydrogens (tertiary/aromatic N) is 3. The topological polar surface area (TPSA) is 94.8 Å². The molecule has 6 nitrogen and oxygen atoms in total. The van der Waals surface area contributed by atoms with Gasteiger partial charge in [0, 0.05) is 30.6 Å². The van der Waals surface area contributed by atoms with Gasteiger partial charge in [-0.2, -0.15) is 0 Å². The van der Waals surface area contributed by atoms with Crippen LogP contribution in [0.5, 0.6) is 0 Å². The normalized spacial score (nSPS) is 11.5. The van der Waals surface area contributed by atoms with E-state index in [2.05, 4.69) is 46.1 Å². The molecule has 2 aromatic heterocycles. The average molecular weight is 389 g/mol. The van der Waals surface area contributed by atoms with E-state index in [0.29, 0.717) is 11.5 Å². The summed E-state index contributed by atoms with van der Waals surface area (Å²) in [6.45, 7) is 3.80. The molecule has 0 atom stereocenters. The van der Waals surface area contributed by atoms with Gasteiger partial charge < -0.3 is 21.4 Å². The molecule has 29 heavy (non-hydrogen) atoms. The zero-order valence-corrected chi connectivity index (χ0v) is 17.1. The fraction of sp³-hybridized carbons (Fsp3) is 0.304. The first-order valence-corrected chi connectivity index (χ1v) is 10.2. The fourth-order valence-electron chi connectivity index (χ4n) is 3.82. The molecule has 0 aliphatic rings. The number of unbranched alkanes of at least 4 members (excludes halogenated alkanes) is 1. The van der Waals surface area contributed by atoms with Crippen molar-refractivity contribution in [2.45, 2.75) is 39.3 Å². The maximum atomic E-state index is 6.29. The van der Waals surface area contributed by atoms with Crippen molar-refractivity contribution in [3.8, 4) is 0 Å². The molecule has 0 unspecified atom stereocenters. The Kier molecular flexibility index (Phi) is 5.36. The second kappa shape index (κ2) is 8.09. The zero-order chi connectivity index (χ0) is 20.4. The molecule has 2 aromatic carbocycles. The van der Waals surface area contributed by atoms with Crippen molar-refractivity contribution in [2.24, 2.45) is 0 Å². The summed E-state index contributed by atoms with van der Waals surface area (Å²) in [5.41, 5.74) is 18.2. The van der Waals surface area contributed by atoms with Crippen molar-refractivity contribution in [3.63, 3.8) is 0 Å². The van der Waals surface area contributed by atoms with Crippen molar-refractivity contribution >= 4 is 33.4 Å². The summed E-state index contributed by atoms with van der Waals surface area (Å²) in [5, 5.41) is 4.19. The van der Waals surface area contributed by atoms with Crippen LogP contribution in [0, 0.1) is 0 Å². The van der Waals surface area contributed by atoms with Gasteiger partial charge in [-0.25, -0.2) is 9.97 Å². The molecule has 4 aromatic rings. The van der Waals surface area contributed by atoms with Crippen LogP contribution in [0.25, 0.3) is 21.9 Å². The predicted molar refractivity (Wildman–Crippen MR) is 121 cm³/mol. The van der Waals surface area contributed by atoms with E-state index >= 15 is 0 Å². The minimum atomic E-state index is 0.470. The third-order valence-corrected chi connectivity index (χ3v) is 5.30. The number of benzene rings is 2. The van der Waals surface area contributed by atoms with Crippen LogP contribution in [0.1, 0.15) is 36.7 Å². The molecule has 0 fully saturated rings. The molecule has 0 amide bonds. The lowest BCUT2D eigenvalue weighted by atomic mass is 10.1. The van der Waals surface area contributed by atoms with Crippen LogP contribution >= 0.6 is 0 Å². The highest BCUT2D eigenvalue weighted by Gasteiger charge is 2.17. The third-order valence-electron chi connectivity index (χ3n) is 5.30. The molecule has 0 aliphatic heterocycles. The fourth-order valence-corrected chi connectivity index (χ4v) is 3.82. The van der Waals surface area contributed by atoms with Gasteiger partial charge >= 0.3 is 0 Å². The lowest BCUT2D eigenvalue weighted by Crippen LogP contribution is -2.07. The monoisotopic (exact) mass is 388 g/mol. The summed E-state index contributed by atoms with van der Waals surface area (Å²) in [6, 6.07) is 14.5. The second-order valence-electron chi connectivity index (χ2n) is 7.54. The maximum Gasteiger partial charge on any atom is 0.152 e. The SMILES string of the molecule is CCCCc1nc2c(N)nc3ccc(N)cc3c2n1Cc1ccc(CNC)cc1. The average Bonchev–Trinajstić information content (AvgIpc) is 3.08. The number of nitrogens with two attached hydrogens (primary N) is 2. The van der Waals surface area contributed by atoms with Crippen LogP contribution in [0.2, 0.25) is 0 Å². The molecule has 0 spiro atoms. The Morgan fingerprint density at radius 3 is 2.48 bits per heavy atom. The van der Waals surface area contributed by atoms with Gasteiger partial charge in [0.1, 0.15) is 11.3 Å². The molecular formula is C23H28N6. The van der Waals surface area contributed by atoms with Crippen molar-refractivity contribution in [3.05, 3.63) is 59.4 Å². The maximum absolute atomic E-state index is 6.29. The lowest BCUT2D eigenvalue weighted by molar-refractivity contribution is 0.690. The molecule has 4 rings (SSSR count). The Morgan fingerprint density at radius 2 is 1.76 bits per heavy atom. The number of fused-ring (bicyclic) bond motifs is 3. The number of anilines is 2. The largest absolute Gasteiger partial charge is 0.399 e. The molecule has 2 heterocycles. The third kappa shape index (κ3) is 3.76. The highest BCUT2D eigenvalue weighted by molar-refractivity contribution is 6.07. The minimum absolute atomic E-state index is 0.470. The number of hydrogen-bond acceptors (Lipinski definition) is 5. The van der Waals surface area contributed by atoms with Crippen LogP contribution < -0.4 is 16.8 Å². The Hall–Kier alpha value is -3.12. The first-order chi connectivity index (χ1) is 14.1. The standard InChI is InChI=1S/C23H28N6/c1-3-4-5-20-28-21-22(18-12-17(24)10-11-19(18)27-23(21)25)29(20)14-16-8-6-15(7-9-16)13-26-2/h6-12,26H,3-5,13-14,24H2,1-2H3,(H2,25,27). The highest BCUT2D eigenvalue weighted by Crippen LogP contribution is 2.31. The van der Waals surface area contributed by atoms with Gasteiger partial charge in [-0.3, -0.25) is 0 Å². The second-order valence-corrected chi connectivity index (χ2v) is 7.54. The summed E-state index contributed by atoms with van der Waals surface area (Å²) in [6.07, 6.45) is 3.10. The highest BCUT2D eigenvalue weighted by atomic mass is 15.1. The van der Waals surface area contributed by atoms with Gasteiger partial charge in [-0.05, 0) is 42.8 Å². The van der Waals surface area contributed by atoms with Gasteiger partial charge in [0.2, 0.25) is 0 Å². The first-order valence-electron chi connectivity index (χ1n) is 10.2. The van der Waals surface area contributed by atoms with Gasteiger partial charge in [-0.1, -0.05) is 37.6 Å². The quantitative estimate of drug-likeness (QED) is 0.418.